The summed E-state index contributed by atoms with van der Waals surface area (Å²) in [6, 6.07) is 0.510. The van der Waals surface area contributed by atoms with Crippen molar-refractivity contribution in [3.63, 3.8) is 0 Å². The molecule has 5 heteroatoms. The second-order valence-corrected chi connectivity index (χ2v) is 5.11. The molecule has 1 aliphatic heterocycles. The molecule has 3 unspecified atom stereocenters. The maximum atomic E-state index is 12.1. The summed E-state index contributed by atoms with van der Waals surface area (Å²) >= 11 is 0. The molecule has 0 aromatic carbocycles. The van der Waals surface area contributed by atoms with Gasteiger partial charge >= 0.3 is 6.03 Å². The van der Waals surface area contributed by atoms with Crippen molar-refractivity contribution in [2.75, 3.05) is 26.8 Å². The van der Waals surface area contributed by atoms with E-state index in [1.165, 1.54) is 6.42 Å². The average Bonchev–Trinajstić information content (AvgIpc) is 2.97. The standard InChI is InChI=1S/C12H23N3O2/c1-15(11-4-2-3-9(11)7-13)12(16)14-10-5-6-17-8-10/h9-11H,2-8,13H2,1H3,(H,14,16). The molecule has 2 amide bonds. The maximum Gasteiger partial charge on any atom is 0.317 e. The SMILES string of the molecule is CN(C(=O)NC1CCOC1)C1CCCC1CN. The summed E-state index contributed by atoms with van der Waals surface area (Å²) in [5.74, 6) is 0.463. The summed E-state index contributed by atoms with van der Waals surface area (Å²) in [5.41, 5.74) is 5.75. The molecule has 1 saturated heterocycles. The van der Waals surface area contributed by atoms with Crippen molar-refractivity contribution in [1.29, 1.82) is 0 Å². The summed E-state index contributed by atoms with van der Waals surface area (Å²) in [7, 11) is 1.88. The van der Waals surface area contributed by atoms with Crippen LogP contribution in [0.5, 0.6) is 0 Å². The van der Waals surface area contributed by atoms with E-state index in [1.807, 2.05) is 11.9 Å². The number of amides is 2. The Labute approximate surface area is 103 Å². The zero-order valence-corrected chi connectivity index (χ0v) is 10.5. The van der Waals surface area contributed by atoms with Crippen LogP contribution in [0.25, 0.3) is 0 Å². The van der Waals surface area contributed by atoms with E-state index in [4.69, 9.17) is 10.5 Å². The first kappa shape index (κ1) is 12.6. The van der Waals surface area contributed by atoms with Gasteiger partial charge in [-0.3, -0.25) is 0 Å². The summed E-state index contributed by atoms with van der Waals surface area (Å²) in [4.78, 5) is 13.9. The number of nitrogens with two attached hydrogens (primary N) is 1. The van der Waals surface area contributed by atoms with E-state index in [0.29, 0.717) is 25.1 Å². The van der Waals surface area contributed by atoms with E-state index >= 15 is 0 Å². The van der Waals surface area contributed by atoms with Gasteiger partial charge in [0.25, 0.3) is 0 Å². The van der Waals surface area contributed by atoms with Gasteiger partial charge in [-0.15, -0.1) is 0 Å². The van der Waals surface area contributed by atoms with Crippen molar-refractivity contribution in [3.8, 4) is 0 Å². The monoisotopic (exact) mass is 241 g/mol. The molecule has 1 heterocycles. The van der Waals surface area contributed by atoms with Gasteiger partial charge in [0, 0.05) is 19.7 Å². The van der Waals surface area contributed by atoms with Crippen LogP contribution in [0.4, 0.5) is 4.79 Å². The molecule has 0 radical (unpaired) electrons. The zero-order valence-electron chi connectivity index (χ0n) is 10.5. The molecule has 0 spiro atoms. The molecule has 0 aromatic heterocycles. The van der Waals surface area contributed by atoms with Crippen molar-refractivity contribution in [2.45, 2.75) is 37.8 Å². The molecule has 2 rings (SSSR count). The number of hydrogen-bond acceptors (Lipinski definition) is 3. The first-order valence-electron chi connectivity index (χ1n) is 6.53. The average molecular weight is 241 g/mol. The fraction of sp³-hybridized carbons (Fsp3) is 0.917. The van der Waals surface area contributed by atoms with Gasteiger partial charge in [-0.2, -0.15) is 0 Å². The van der Waals surface area contributed by atoms with Gasteiger partial charge in [0.05, 0.1) is 12.6 Å². The number of nitrogens with one attached hydrogen (secondary N) is 1. The van der Waals surface area contributed by atoms with Crippen LogP contribution in [0.1, 0.15) is 25.7 Å². The molecular formula is C12H23N3O2. The molecule has 17 heavy (non-hydrogen) atoms. The quantitative estimate of drug-likeness (QED) is 0.758. The van der Waals surface area contributed by atoms with Gasteiger partial charge in [-0.25, -0.2) is 4.79 Å². The molecule has 0 aromatic rings. The van der Waals surface area contributed by atoms with Gasteiger partial charge in [0.2, 0.25) is 0 Å². The Morgan fingerprint density at radius 3 is 2.94 bits per heavy atom. The highest BCUT2D eigenvalue weighted by atomic mass is 16.5. The smallest absolute Gasteiger partial charge is 0.317 e. The number of rotatable bonds is 3. The highest BCUT2D eigenvalue weighted by Gasteiger charge is 2.32. The zero-order chi connectivity index (χ0) is 12.3. The maximum absolute atomic E-state index is 12.1. The second kappa shape index (κ2) is 5.69. The molecule has 0 bridgehead atoms. The van der Waals surface area contributed by atoms with E-state index in [0.717, 1.165) is 25.9 Å². The normalized spacial score (nSPS) is 32.7. The van der Waals surface area contributed by atoms with Crippen LogP contribution in [-0.2, 0) is 4.74 Å². The first-order chi connectivity index (χ1) is 8.22. The number of urea groups is 1. The Hall–Kier alpha value is -0.810. The van der Waals surface area contributed by atoms with Gasteiger partial charge in [-0.1, -0.05) is 6.42 Å². The van der Waals surface area contributed by atoms with Gasteiger partial charge < -0.3 is 20.7 Å². The number of hydrogen-bond donors (Lipinski definition) is 2. The first-order valence-corrected chi connectivity index (χ1v) is 6.53. The second-order valence-electron chi connectivity index (χ2n) is 5.11. The minimum atomic E-state index is 0.0193. The van der Waals surface area contributed by atoms with E-state index in [1.54, 1.807) is 0 Å². The number of carbonyl (C=O) groups excluding carboxylic acids is 1. The van der Waals surface area contributed by atoms with Crippen LogP contribution in [0.15, 0.2) is 0 Å². The number of ether oxygens (including phenoxy) is 1. The highest BCUT2D eigenvalue weighted by Crippen LogP contribution is 2.28. The molecule has 3 atom stereocenters. The topological polar surface area (TPSA) is 67.6 Å². The Morgan fingerprint density at radius 2 is 2.29 bits per heavy atom. The largest absolute Gasteiger partial charge is 0.379 e. The van der Waals surface area contributed by atoms with Crippen LogP contribution in [0.2, 0.25) is 0 Å². The lowest BCUT2D eigenvalue weighted by Crippen LogP contribution is -2.49. The van der Waals surface area contributed by atoms with Crippen LogP contribution >= 0.6 is 0 Å². The fourth-order valence-corrected chi connectivity index (χ4v) is 2.88. The van der Waals surface area contributed by atoms with Gasteiger partial charge in [-0.05, 0) is 31.7 Å². The molecule has 2 fully saturated rings. The minimum Gasteiger partial charge on any atom is -0.379 e. The van der Waals surface area contributed by atoms with Gasteiger partial charge in [0.1, 0.15) is 0 Å². The number of carbonyl (C=O) groups is 1. The van der Waals surface area contributed by atoms with E-state index < -0.39 is 0 Å². The predicted octanol–water partition coefficient (Wildman–Crippen LogP) is 0.544. The Balaban J connectivity index is 1.85. The summed E-state index contributed by atoms with van der Waals surface area (Å²) in [6.07, 6.45) is 4.32. The van der Waals surface area contributed by atoms with Gasteiger partial charge in [0.15, 0.2) is 0 Å². The van der Waals surface area contributed by atoms with Crippen LogP contribution in [0.3, 0.4) is 0 Å². The van der Waals surface area contributed by atoms with Crippen LogP contribution < -0.4 is 11.1 Å². The Bertz CT molecular complexity index is 266. The summed E-state index contributed by atoms with van der Waals surface area (Å²) in [5, 5.41) is 3.02. The molecule has 2 aliphatic rings. The Morgan fingerprint density at radius 1 is 1.47 bits per heavy atom. The lowest BCUT2D eigenvalue weighted by atomic mass is 10.0. The van der Waals surface area contributed by atoms with Crippen LogP contribution in [-0.4, -0.2) is 49.8 Å². The van der Waals surface area contributed by atoms with Crippen molar-refractivity contribution >= 4 is 6.03 Å². The third-order valence-electron chi connectivity index (χ3n) is 4.00. The van der Waals surface area contributed by atoms with Crippen molar-refractivity contribution in [2.24, 2.45) is 11.7 Å². The molecule has 98 valence electrons. The number of nitrogens with zero attached hydrogens (tertiary/aromatic N) is 1. The predicted molar refractivity (Wildman–Crippen MR) is 65.7 cm³/mol. The van der Waals surface area contributed by atoms with Crippen molar-refractivity contribution in [3.05, 3.63) is 0 Å². The van der Waals surface area contributed by atoms with Crippen molar-refractivity contribution in [1.82, 2.24) is 10.2 Å². The fourth-order valence-electron chi connectivity index (χ4n) is 2.88. The van der Waals surface area contributed by atoms with E-state index in [2.05, 4.69) is 5.32 Å². The molecule has 3 N–H and O–H groups in total. The third kappa shape index (κ3) is 2.90. The highest BCUT2D eigenvalue weighted by molar-refractivity contribution is 5.74. The minimum absolute atomic E-state index is 0.0193. The lowest BCUT2D eigenvalue weighted by molar-refractivity contribution is 0.165. The van der Waals surface area contributed by atoms with Crippen molar-refractivity contribution < 1.29 is 9.53 Å². The third-order valence-corrected chi connectivity index (χ3v) is 4.00. The lowest BCUT2D eigenvalue weighted by Gasteiger charge is -2.30. The van der Waals surface area contributed by atoms with E-state index in [-0.39, 0.29) is 12.1 Å². The molecule has 1 saturated carbocycles. The van der Waals surface area contributed by atoms with E-state index in [9.17, 15) is 4.79 Å². The Kier molecular flexibility index (Phi) is 4.23. The summed E-state index contributed by atoms with van der Waals surface area (Å²) in [6.45, 7) is 2.07. The molecular weight excluding hydrogens is 218 g/mol. The summed E-state index contributed by atoms with van der Waals surface area (Å²) < 4.78 is 5.25. The van der Waals surface area contributed by atoms with Crippen LogP contribution in [0, 0.1) is 5.92 Å². The molecule has 5 nitrogen and oxygen atoms in total. The molecule has 1 aliphatic carbocycles.